The van der Waals surface area contributed by atoms with Gasteiger partial charge in [-0.3, -0.25) is 9.78 Å². The zero-order chi connectivity index (χ0) is 19.3. The number of amides is 1. The zero-order valence-electron chi connectivity index (χ0n) is 14.1. The predicted molar refractivity (Wildman–Crippen MR) is 99.1 cm³/mol. The van der Waals surface area contributed by atoms with Crippen LogP contribution in [-0.4, -0.2) is 19.3 Å². The second-order valence-electron chi connectivity index (χ2n) is 5.64. The predicted octanol–water partition coefficient (Wildman–Crippen LogP) is 2.95. The van der Waals surface area contributed by atoms with Gasteiger partial charge in [-0.25, -0.2) is 17.5 Å². The Morgan fingerprint density at radius 1 is 1.00 bits per heavy atom. The number of carbonyl (C=O) groups is 1. The molecule has 1 heterocycles. The first kappa shape index (κ1) is 18.7. The Bertz CT molecular complexity index is 1060. The number of nitrogens with one attached hydrogen (secondary N) is 2. The van der Waals surface area contributed by atoms with Crippen molar-refractivity contribution in [3.63, 3.8) is 0 Å². The van der Waals surface area contributed by atoms with E-state index < -0.39 is 21.7 Å². The van der Waals surface area contributed by atoms with Gasteiger partial charge in [0.25, 0.3) is 5.91 Å². The summed E-state index contributed by atoms with van der Waals surface area (Å²) in [6, 6.07) is 16.2. The zero-order valence-corrected chi connectivity index (χ0v) is 14.9. The molecule has 2 aromatic carbocycles. The van der Waals surface area contributed by atoms with Crippen LogP contribution in [0.15, 0.2) is 77.8 Å². The standard InChI is InChI=1S/C19H16FN3O3S/c20-15-6-4-8-16(12-15)23-19(24)14-5-3-9-18(11-14)27(25,26)22-13-17-7-1-2-10-21-17/h1-12,22H,13H2,(H,23,24). The Morgan fingerprint density at radius 2 is 1.81 bits per heavy atom. The van der Waals surface area contributed by atoms with Crippen LogP contribution in [0.1, 0.15) is 16.1 Å². The highest BCUT2D eigenvalue weighted by Crippen LogP contribution is 2.15. The average molecular weight is 385 g/mol. The lowest BCUT2D eigenvalue weighted by Crippen LogP contribution is -2.24. The molecule has 0 saturated heterocycles. The minimum atomic E-state index is -3.82. The molecular formula is C19H16FN3O3S. The number of benzene rings is 2. The Morgan fingerprint density at radius 3 is 2.56 bits per heavy atom. The summed E-state index contributed by atoms with van der Waals surface area (Å²) in [4.78, 5) is 16.3. The number of anilines is 1. The molecule has 0 aliphatic carbocycles. The molecule has 0 atom stereocenters. The maximum Gasteiger partial charge on any atom is 0.255 e. The smallest absolute Gasteiger partial charge is 0.255 e. The minimum Gasteiger partial charge on any atom is -0.322 e. The molecule has 27 heavy (non-hydrogen) atoms. The van der Waals surface area contributed by atoms with Crippen LogP contribution in [0, 0.1) is 5.82 Å². The van der Waals surface area contributed by atoms with Crippen LogP contribution >= 0.6 is 0 Å². The van der Waals surface area contributed by atoms with Gasteiger partial charge in [0.15, 0.2) is 0 Å². The summed E-state index contributed by atoms with van der Waals surface area (Å²) in [6.45, 7) is 0.0306. The maximum absolute atomic E-state index is 13.2. The molecule has 8 heteroatoms. The highest BCUT2D eigenvalue weighted by Gasteiger charge is 2.16. The molecular weight excluding hydrogens is 369 g/mol. The molecule has 0 bridgehead atoms. The number of halogens is 1. The van der Waals surface area contributed by atoms with E-state index in [0.717, 1.165) is 0 Å². The van der Waals surface area contributed by atoms with Crippen molar-refractivity contribution in [3.05, 3.63) is 90.0 Å². The first-order valence-corrected chi connectivity index (χ1v) is 9.49. The second-order valence-corrected chi connectivity index (χ2v) is 7.40. The maximum atomic E-state index is 13.2. The third-order valence-corrected chi connectivity index (χ3v) is 5.06. The van der Waals surface area contributed by atoms with Gasteiger partial charge in [-0.15, -0.1) is 0 Å². The first-order chi connectivity index (χ1) is 12.9. The Kier molecular flexibility index (Phi) is 5.58. The quantitative estimate of drug-likeness (QED) is 0.683. The van der Waals surface area contributed by atoms with E-state index in [-0.39, 0.29) is 22.7 Å². The van der Waals surface area contributed by atoms with E-state index in [9.17, 15) is 17.6 Å². The van der Waals surface area contributed by atoms with Gasteiger partial charge in [-0.05, 0) is 48.5 Å². The van der Waals surface area contributed by atoms with E-state index in [1.807, 2.05) is 0 Å². The number of carbonyl (C=O) groups excluding carboxylic acids is 1. The molecule has 6 nitrogen and oxygen atoms in total. The SMILES string of the molecule is O=C(Nc1cccc(F)c1)c1cccc(S(=O)(=O)NCc2ccccn2)c1. The van der Waals surface area contributed by atoms with Crippen LogP contribution in [0.25, 0.3) is 0 Å². The van der Waals surface area contributed by atoms with Gasteiger partial charge in [0.05, 0.1) is 17.1 Å². The van der Waals surface area contributed by atoms with Gasteiger partial charge < -0.3 is 5.32 Å². The van der Waals surface area contributed by atoms with E-state index in [0.29, 0.717) is 5.69 Å². The summed E-state index contributed by atoms with van der Waals surface area (Å²) in [5, 5.41) is 2.53. The van der Waals surface area contributed by atoms with Crippen LogP contribution in [0.2, 0.25) is 0 Å². The number of pyridine rings is 1. The summed E-state index contributed by atoms with van der Waals surface area (Å²) in [5.74, 6) is -1.02. The van der Waals surface area contributed by atoms with Crippen LogP contribution in [0.5, 0.6) is 0 Å². The van der Waals surface area contributed by atoms with Gasteiger partial charge in [0, 0.05) is 17.4 Å². The summed E-state index contributed by atoms with van der Waals surface area (Å²) >= 11 is 0. The molecule has 0 unspecified atom stereocenters. The average Bonchev–Trinajstić information content (AvgIpc) is 2.67. The fourth-order valence-electron chi connectivity index (χ4n) is 2.33. The Balaban J connectivity index is 1.74. The van der Waals surface area contributed by atoms with Gasteiger partial charge in [-0.2, -0.15) is 0 Å². The third kappa shape index (κ3) is 4.96. The molecule has 1 amide bonds. The second kappa shape index (κ2) is 8.07. The largest absolute Gasteiger partial charge is 0.322 e. The molecule has 3 aromatic rings. The fraction of sp³-hybridized carbons (Fsp3) is 0.0526. The van der Waals surface area contributed by atoms with E-state index >= 15 is 0 Å². The Hall–Kier alpha value is -3.10. The molecule has 0 fully saturated rings. The minimum absolute atomic E-state index is 0.0306. The summed E-state index contributed by atoms with van der Waals surface area (Å²) in [7, 11) is -3.82. The number of aromatic nitrogens is 1. The molecule has 3 rings (SSSR count). The van der Waals surface area contributed by atoms with Crippen molar-refractivity contribution in [2.75, 3.05) is 5.32 Å². The highest BCUT2D eigenvalue weighted by molar-refractivity contribution is 7.89. The van der Waals surface area contributed by atoms with Crippen LogP contribution in [0.4, 0.5) is 10.1 Å². The van der Waals surface area contributed by atoms with E-state index in [1.54, 1.807) is 24.4 Å². The highest BCUT2D eigenvalue weighted by atomic mass is 32.2. The molecule has 2 N–H and O–H groups in total. The summed E-state index contributed by atoms with van der Waals surface area (Å²) in [5.41, 5.74) is 0.989. The molecule has 1 aromatic heterocycles. The van der Waals surface area contributed by atoms with Crippen LogP contribution < -0.4 is 10.0 Å². The lowest BCUT2D eigenvalue weighted by Gasteiger charge is -2.09. The summed E-state index contributed by atoms with van der Waals surface area (Å²) < 4.78 is 40.6. The molecule has 0 spiro atoms. The number of nitrogens with zero attached hydrogens (tertiary/aromatic N) is 1. The van der Waals surface area contributed by atoms with Crippen molar-refractivity contribution >= 4 is 21.6 Å². The number of sulfonamides is 1. The van der Waals surface area contributed by atoms with Crippen LogP contribution in [0.3, 0.4) is 0 Å². The number of hydrogen-bond acceptors (Lipinski definition) is 4. The van der Waals surface area contributed by atoms with Crippen molar-refractivity contribution in [1.29, 1.82) is 0 Å². The van der Waals surface area contributed by atoms with Crippen molar-refractivity contribution in [1.82, 2.24) is 9.71 Å². The van der Waals surface area contributed by atoms with Crippen molar-refractivity contribution in [3.8, 4) is 0 Å². The molecule has 138 valence electrons. The molecule has 0 aliphatic rings. The third-order valence-electron chi connectivity index (χ3n) is 3.66. The first-order valence-electron chi connectivity index (χ1n) is 8.01. The Labute approximate surface area is 156 Å². The lowest BCUT2D eigenvalue weighted by molar-refractivity contribution is 0.102. The van der Waals surface area contributed by atoms with Gasteiger partial charge >= 0.3 is 0 Å². The van der Waals surface area contributed by atoms with Crippen molar-refractivity contribution < 1.29 is 17.6 Å². The van der Waals surface area contributed by atoms with E-state index in [2.05, 4.69) is 15.0 Å². The number of rotatable bonds is 6. The lowest BCUT2D eigenvalue weighted by atomic mass is 10.2. The van der Waals surface area contributed by atoms with Crippen molar-refractivity contribution in [2.24, 2.45) is 0 Å². The topological polar surface area (TPSA) is 88.2 Å². The van der Waals surface area contributed by atoms with E-state index in [4.69, 9.17) is 0 Å². The monoisotopic (exact) mass is 385 g/mol. The summed E-state index contributed by atoms with van der Waals surface area (Å²) in [6.07, 6.45) is 1.57. The van der Waals surface area contributed by atoms with E-state index in [1.165, 1.54) is 48.5 Å². The van der Waals surface area contributed by atoms with Gasteiger partial charge in [-0.1, -0.05) is 18.2 Å². The normalized spacial score (nSPS) is 11.1. The van der Waals surface area contributed by atoms with Gasteiger partial charge in [0.2, 0.25) is 10.0 Å². The van der Waals surface area contributed by atoms with Crippen LogP contribution in [-0.2, 0) is 16.6 Å². The van der Waals surface area contributed by atoms with Crippen molar-refractivity contribution in [2.45, 2.75) is 11.4 Å². The molecule has 0 aliphatic heterocycles. The fourth-order valence-corrected chi connectivity index (χ4v) is 3.37. The molecule has 0 saturated carbocycles. The van der Waals surface area contributed by atoms with Gasteiger partial charge in [0.1, 0.15) is 5.82 Å². The number of hydrogen-bond donors (Lipinski definition) is 2. The molecule has 0 radical (unpaired) electrons.